The van der Waals surface area contributed by atoms with Crippen LogP contribution >= 0.6 is 14.3 Å². The highest BCUT2D eigenvalue weighted by atomic mass is 31.2. The molecule has 7 aromatic rings. The average Bonchev–Trinajstić information content (AvgIpc) is 2.96. The molecule has 4 nitrogen and oxygen atoms in total. The SMILES string of the molecule is CC(C)B(c1ccccc1)c1ccccc1.CC(C)B1c2ccccc2Oc2ccccc21.CC(C)C#CC#N.CC(C)C#CC(F)(F)F.CC(C)C#Cc1c(F)c(F)c(F)c(F)c1F.CC(C)P(=O)(c1ccccc1)c1ccccc1.CC(C)P(C)(C)=O. The van der Waals surface area contributed by atoms with E-state index in [2.05, 4.69) is 143 Å². The van der Waals surface area contributed by atoms with Crippen molar-refractivity contribution in [2.24, 2.45) is 17.8 Å². The standard InChI is InChI=1S/C15H15BO.C15H17B.C15H17OP.C11H7F5.C6H7F3.C6H7N.C5H13OP/c1-11(2)16-12-7-3-5-9-14(12)17-15-10-6-4-8-13(15)16;1-13(2)16(14-9-5-3-6-10-14)15-11-7-4-8-12-15;1-13(2)17(16,14-9-5-3-6-10-14)15-11-7-4-8-12-15;1-5(2)3-4-6-7(12)9(14)11(16)10(15)8(6)13;1-5(2)3-4-6(7,8)9;1-6(2)4-3-5-7;1-5(2)7(3,4)6/h3-11H,1-2H3;3-13H,1-2H3;3-13H,1-2H3;5H,1-2H3;5H,1-2H3;6H,1-2H3;5H,1-4H3. The lowest BCUT2D eigenvalue weighted by Gasteiger charge is -2.28. The van der Waals surface area contributed by atoms with Crippen LogP contribution in [0.1, 0.15) is 102 Å². The Labute approximate surface area is 526 Å². The van der Waals surface area contributed by atoms with Crippen molar-refractivity contribution >= 4 is 60.2 Å². The Bertz CT molecular complexity index is 3450. The van der Waals surface area contributed by atoms with Crippen LogP contribution in [0.15, 0.2) is 170 Å². The highest BCUT2D eigenvalue weighted by Crippen LogP contribution is 2.48. The number of alkyl halides is 3. The molecular formula is C73H83B2F8NO3P2. The first-order valence-electron chi connectivity index (χ1n) is 29.4. The van der Waals surface area contributed by atoms with Crippen LogP contribution in [0, 0.1) is 93.7 Å². The molecule has 1 heterocycles. The van der Waals surface area contributed by atoms with Crippen LogP contribution in [0.4, 0.5) is 35.1 Å². The maximum atomic E-state index is 13.3. The zero-order valence-electron chi connectivity index (χ0n) is 54.0. The fourth-order valence-electron chi connectivity index (χ4n) is 8.33. The van der Waals surface area contributed by atoms with Crippen molar-refractivity contribution in [3.8, 4) is 53.1 Å². The van der Waals surface area contributed by atoms with Crippen molar-refractivity contribution < 1.29 is 49.0 Å². The van der Waals surface area contributed by atoms with Crippen LogP contribution in [0.3, 0.4) is 0 Å². The summed E-state index contributed by atoms with van der Waals surface area (Å²) in [6.07, 6.45) is -4.33. The van der Waals surface area contributed by atoms with Crippen molar-refractivity contribution in [2.75, 3.05) is 13.3 Å². The molecule has 8 rings (SSSR count). The summed E-state index contributed by atoms with van der Waals surface area (Å²) in [6, 6.07) is 59.5. The van der Waals surface area contributed by atoms with Crippen molar-refractivity contribution in [3.05, 3.63) is 205 Å². The highest BCUT2D eigenvalue weighted by molar-refractivity contribution is 7.79. The monoisotopic (exact) mass is 1260 g/mol. The zero-order valence-corrected chi connectivity index (χ0v) is 55.7. The van der Waals surface area contributed by atoms with E-state index in [1.807, 2.05) is 140 Å². The number of hydrogen-bond donors (Lipinski definition) is 0. The van der Waals surface area contributed by atoms with Gasteiger partial charge in [0.2, 0.25) is 19.2 Å². The molecule has 0 radical (unpaired) electrons. The molecule has 470 valence electrons. The van der Waals surface area contributed by atoms with E-state index in [0.717, 1.165) is 22.1 Å². The average molecular weight is 1260 g/mol. The van der Waals surface area contributed by atoms with Gasteiger partial charge in [0.05, 0.1) is 7.14 Å². The lowest BCUT2D eigenvalue weighted by Crippen LogP contribution is -2.48. The Hall–Kier alpha value is -7.46. The van der Waals surface area contributed by atoms with Crippen LogP contribution in [0.5, 0.6) is 11.5 Å². The van der Waals surface area contributed by atoms with Crippen molar-refractivity contribution in [1.29, 1.82) is 5.26 Å². The topological polar surface area (TPSA) is 67.2 Å². The van der Waals surface area contributed by atoms with Crippen molar-refractivity contribution in [3.63, 3.8) is 0 Å². The van der Waals surface area contributed by atoms with Crippen LogP contribution in [0.2, 0.25) is 11.6 Å². The van der Waals surface area contributed by atoms with Gasteiger partial charge in [0.25, 0.3) is 0 Å². The molecule has 0 aromatic heterocycles. The second-order valence-electron chi connectivity index (χ2n) is 23.2. The van der Waals surface area contributed by atoms with E-state index in [0.29, 0.717) is 36.6 Å². The lowest BCUT2D eigenvalue weighted by molar-refractivity contribution is -0.0698. The Morgan fingerprint density at radius 1 is 0.472 bits per heavy atom. The van der Waals surface area contributed by atoms with Gasteiger partial charge in [0, 0.05) is 51.5 Å². The molecule has 0 N–H and O–H groups in total. The van der Waals surface area contributed by atoms with Gasteiger partial charge in [-0.3, -0.25) is 0 Å². The molecule has 0 fully saturated rings. The lowest BCUT2D eigenvalue weighted by atomic mass is 9.33. The number of hydrogen-bond acceptors (Lipinski definition) is 4. The van der Waals surface area contributed by atoms with Gasteiger partial charge in [-0.2, -0.15) is 18.4 Å². The summed E-state index contributed by atoms with van der Waals surface area (Å²) in [6.45, 7) is 32.1. The first-order valence-corrected chi connectivity index (χ1v) is 33.9. The number of nitrogens with zero attached hydrogens (tertiary/aromatic N) is 1. The maximum absolute atomic E-state index is 13.3. The number of para-hydroxylation sites is 2. The van der Waals surface area contributed by atoms with Crippen LogP contribution in [-0.2, 0) is 9.13 Å². The number of fused-ring (bicyclic) bond motifs is 2. The van der Waals surface area contributed by atoms with Gasteiger partial charge in [-0.1, -0.05) is 301 Å². The molecule has 0 unspecified atom stereocenters. The van der Waals surface area contributed by atoms with Gasteiger partial charge >= 0.3 is 6.18 Å². The van der Waals surface area contributed by atoms with E-state index in [1.165, 1.54) is 27.8 Å². The molecule has 0 aliphatic carbocycles. The number of ether oxygens (including phenoxy) is 1. The Balaban J connectivity index is 0.000000364. The minimum atomic E-state index is -4.33. The third-order valence-corrected chi connectivity index (χ3v) is 19.3. The molecule has 0 atom stereocenters. The number of nitriles is 1. The molecular weight excluding hydrogens is 1170 g/mol. The minimum absolute atomic E-state index is 0.118. The quantitative estimate of drug-likeness (QED) is 0.0380. The molecule has 1 aliphatic heterocycles. The predicted octanol–water partition coefficient (Wildman–Crippen LogP) is 17.7. The van der Waals surface area contributed by atoms with E-state index in [-0.39, 0.29) is 17.5 Å². The zero-order chi connectivity index (χ0) is 67.2. The molecule has 0 amide bonds. The fraction of sp³-hybridized carbons (Fsp3) is 0.329. The van der Waals surface area contributed by atoms with E-state index in [4.69, 9.17) is 10.00 Å². The summed E-state index contributed by atoms with van der Waals surface area (Å²) in [5.74, 6) is 5.57. The van der Waals surface area contributed by atoms with Crippen LogP contribution < -0.4 is 37.2 Å². The normalized spacial score (nSPS) is 11.1. The summed E-state index contributed by atoms with van der Waals surface area (Å²) < 4.78 is 128. The van der Waals surface area contributed by atoms with Gasteiger partial charge in [-0.05, 0) is 36.4 Å². The molecule has 1 aliphatic rings. The Kier molecular flexibility index (Phi) is 33.3. The van der Waals surface area contributed by atoms with Gasteiger partial charge in [-0.25, -0.2) is 22.0 Å². The maximum Gasteiger partial charge on any atom is 0.457 e. The molecule has 89 heavy (non-hydrogen) atoms. The Morgan fingerprint density at radius 3 is 1.09 bits per heavy atom. The summed E-state index contributed by atoms with van der Waals surface area (Å²) >= 11 is 0. The van der Waals surface area contributed by atoms with Crippen molar-refractivity contribution in [2.45, 2.75) is 126 Å². The summed E-state index contributed by atoms with van der Waals surface area (Å²) in [4.78, 5) is 0. The van der Waals surface area contributed by atoms with Crippen molar-refractivity contribution in [1.82, 2.24) is 0 Å². The molecule has 0 saturated carbocycles. The molecule has 0 spiro atoms. The number of rotatable bonds is 8. The molecule has 16 heteroatoms. The second-order valence-corrected chi connectivity index (χ2v) is 30.5. The van der Waals surface area contributed by atoms with Gasteiger partial charge < -0.3 is 13.9 Å². The smallest absolute Gasteiger partial charge is 0.457 e. The second kappa shape index (κ2) is 38.2. The summed E-state index contributed by atoms with van der Waals surface area (Å²) in [5, 5.41) is 9.78. The van der Waals surface area contributed by atoms with Gasteiger partial charge in [0.15, 0.2) is 29.3 Å². The van der Waals surface area contributed by atoms with E-state index < -0.39 is 55.1 Å². The molecule has 0 bridgehead atoms. The molecule has 0 saturated heterocycles. The minimum Gasteiger partial charge on any atom is -0.458 e. The first-order chi connectivity index (χ1) is 41.7. The third-order valence-electron chi connectivity index (χ3n) is 13.2. The van der Waals surface area contributed by atoms with Crippen LogP contribution in [-0.4, -0.2) is 44.2 Å². The molecule has 7 aromatic carbocycles. The predicted molar refractivity (Wildman–Crippen MR) is 360 cm³/mol. The number of halogens is 8. The van der Waals surface area contributed by atoms with E-state index in [1.54, 1.807) is 33.8 Å². The summed E-state index contributed by atoms with van der Waals surface area (Å²) in [5.41, 5.74) is 4.81. The first kappa shape index (κ1) is 77.6. The van der Waals surface area contributed by atoms with Crippen LogP contribution in [0.25, 0.3) is 0 Å². The Morgan fingerprint density at radius 2 is 0.809 bits per heavy atom. The summed E-state index contributed by atoms with van der Waals surface area (Å²) in [7, 11) is -4.23. The van der Waals surface area contributed by atoms with Gasteiger partial charge in [0.1, 0.15) is 24.2 Å². The highest BCUT2D eigenvalue weighted by Gasteiger charge is 2.33. The van der Waals surface area contributed by atoms with Gasteiger partial charge in [-0.15, -0.1) is 0 Å². The third kappa shape index (κ3) is 26.3. The number of benzene rings is 7. The van der Waals surface area contributed by atoms with E-state index >= 15 is 0 Å². The fourth-order valence-corrected chi connectivity index (χ4v) is 11.0. The largest absolute Gasteiger partial charge is 0.458 e. The van der Waals surface area contributed by atoms with E-state index in [9.17, 15) is 44.3 Å².